The van der Waals surface area contributed by atoms with Crippen molar-refractivity contribution in [3.05, 3.63) is 102 Å². The van der Waals surface area contributed by atoms with Crippen LogP contribution in [0.5, 0.6) is 17.2 Å². The second-order valence-electron chi connectivity index (χ2n) is 6.51. The van der Waals surface area contributed by atoms with E-state index in [1.165, 1.54) is 6.21 Å². The van der Waals surface area contributed by atoms with Crippen LogP contribution in [0.4, 0.5) is 0 Å². The maximum Gasteiger partial charge on any atom is 0.343 e. The lowest BCUT2D eigenvalue weighted by atomic mass is 10.2. The molecule has 0 spiro atoms. The molecule has 3 aromatic carbocycles. The van der Waals surface area contributed by atoms with E-state index < -0.39 is 5.97 Å². The number of amides is 1. The average molecular weight is 430 g/mol. The van der Waals surface area contributed by atoms with Gasteiger partial charge in [-0.05, 0) is 78.4 Å². The first-order valence-corrected chi connectivity index (χ1v) is 9.72. The van der Waals surface area contributed by atoms with Gasteiger partial charge in [-0.15, -0.1) is 0 Å². The quantitative estimate of drug-likeness (QED) is 0.180. The van der Waals surface area contributed by atoms with Crippen molar-refractivity contribution in [2.24, 2.45) is 5.10 Å². The summed E-state index contributed by atoms with van der Waals surface area (Å²) in [6, 6.07) is 20.1. The summed E-state index contributed by atoms with van der Waals surface area (Å²) in [6.07, 6.45) is 3.14. The van der Waals surface area contributed by atoms with Crippen molar-refractivity contribution in [3.63, 3.8) is 0 Å². The molecule has 0 aliphatic heterocycles. The number of methoxy groups -OCH3 is 1. The van der Waals surface area contributed by atoms with Gasteiger partial charge in [0, 0.05) is 5.56 Å². The predicted molar refractivity (Wildman–Crippen MR) is 122 cm³/mol. The van der Waals surface area contributed by atoms with Gasteiger partial charge in [-0.3, -0.25) is 4.79 Å². The number of nitrogens with zero attached hydrogens (tertiary/aromatic N) is 1. The maximum atomic E-state index is 12.2. The number of hydrogen-bond acceptors (Lipinski definition) is 6. The lowest BCUT2D eigenvalue weighted by Gasteiger charge is -2.06. The highest BCUT2D eigenvalue weighted by Gasteiger charge is 2.09. The van der Waals surface area contributed by atoms with Crippen LogP contribution >= 0.6 is 0 Å². The van der Waals surface area contributed by atoms with Crippen LogP contribution < -0.4 is 19.6 Å². The lowest BCUT2D eigenvalue weighted by molar-refractivity contribution is 0.0734. The Morgan fingerprint density at radius 3 is 2.09 bits per heavy atom. The fourth-order valence-electron chi connectivity index (χ4n) is 2.60. The molecule has 7 nitrogen and oxygen atoms in total. The van der Waals surface area contributed by atoms with Crippen molar-refractivity contribution in [3.8, 4) is 17.2 Å². The van der Waals surface area contributed by atoms with Crippen LogP contribution in [0.3, 0.4) is 0 Å². The van der Waals surface area contributed by atoms with Gasteiger partial charge in [0.1, 0.15) is 23.9 Å². The van der Waals surface area contributed by atoms with Crippen LogP contribution in [0.1, 0.15) is 26.3 Å². The standard InChI is InChI=1S/C25H22N2O5/c1-3-16-31-22-14-6-19(7-15-22)24(28)27-26-17-18-4-10-23(11-5-18)32-25(29)20-8-12-21(30-2)13-9-20/h3-15,17H,1,16H2,2H3,(H,27,28)/b26-17+. The third kappa shape index (κ3) is 6.30. The molecule has 0 aliphatic rings. The normalized spacial score (nSPS) is 10.4. The molecule has 0 saturated heterocycles. The van der Waals surface area contributed by atoms with Gasteiger partial charge in [0.25, 0.3) is 5.91 Å². The van der Waals surface area contributed by atoms with E-state index in [1.54, 1.807) is 86.0 Å². The molecule has 3 aromatic rings. The van der Waals surface area contributed by atoms with Crippen molar-refractivity contribution >= 4 is 18.1 Å². The molecule has 0 atom stereocenters. The van der Waals surface area contributed by atoms with Crippen LogP contribution in [0.25, 0.3) is 0 Å². The molecule has 0 aromatic heterocycles. The average Bonchev–Trinajstić information content (AvgIpc) is 2.84. The highest BCUT2D eigenvalue weighted by molar-refractivity contribution is 5.95. The number of rotatable bonds is 9. The van der Waals surface area contributed by atoms with E-state index in [0.29, 0.717) is 35.0 Å². The number of carbonyl (C=O) groups is 2. The van der Waals surface area contributed by atoms with Crippen LogP contribution in [0.2, 0.25) is 0 Å². The number of carbonyl (C=O) groups excluding carboxylic acids is 2. The Labute approximate surface area is 185 Å². The van der Waals surface area contributed by atoms with Gasteiger partial charge in [0.05, 0.1) is 18.9 Å². The number of hydrazone groups is 1. The zero-order valence-electron chi connectivity index (χ0n) is 17.5. The van der Waals surface area contributed by atoms with Crippen LogP contribution in [-0.4, -0.2) is 31.8 Å². The molecule has 3 rings (SSSR count). The number of esters is 1. The van der Waals surface area contributed by atoms with Gasteiger partial charge < -0.3 is 14.2 Å². The van der Waals surface area contributed by atoms with E-state index in [9.17, 15) is 9.59 Å². The molecule has 0 saturated carbocycles. The second-order valence-corrected chi connectivity index (χ2v) is 6.51. The van der Waals surface area contributed by atoms with Gasteiger partial charge in [-0.1, -0.05) is 12.7 Å². The molecule has 0 aliphatic carbocycles. The van der Waals surface area contributed by atoms with Gasteiger partial charge in [-0.2, -0.15) is 5.10 Å². The molecule has 0 bridgehead atoms. The first-order valence-electron chi connectivity index (χ1n) is 9.72. The van der Waals surface area contributed by atoms with Crippen molar-refractivity contribution < 1.29 is 23.8 Å². The molecular formula is C25H22N2O5. The Morgan fingerprint density at radius 1 is 0.875 bits per heavy atom. The largest absolute Gasteiger partial charge is 0.497 e. The van der Waals surface area contributed by atoms with Crippen molar-refractivity contribution in [1.82, 2.24) is 5.43 Å². The molecule has 1 amide bonds. The highest BCUT2D eigenvalue weighted by atomic mass is 16.5. The third-order valence-electron chi connectivity index (χ3n) is 4.28. The Morgan fingerprint density at radius 2 is 1.47 bits per heavy atom. The third-order valence-corrected chi connectivity index (χ3v) is 4.28. The number of nitrogens with one attached hydrogen (secondary N) is 1. The SMILES string of the molecule is C=CCOc1ccc(C(=O)N/N=C/c2ccc(OC(=O)c3ccc(OC)cc3)cc2)cc1. The van der Waals surface area contributed by atoms with Crippen molar-refractivity contribution in [2.75, 3.05) is 13.7 Å². The summed E-state index contributed by atoms with van der Waals surface area (Å²) in [5.41, 5.74) is 4.06. The summed E-state index contributed by atoms with van der Waals surface area (Å²) in [7, 11) is 1.56. The molecule has 7 heteroatoms. The zero-order valence-corrected chi connectivity index (χ0v) is 17.5. The van der Waals surface area contributed by atoms with E-state index >= 15 is 0 Å². The summed E-state index contributed by atoms with van der Waals surface area (Å²) < 4.78 is 15.8. The zero-order chi connectivity index (χ0) is 22.8. The molecule has 32 heavy (non-hydrogen) atoms. The molecule has 0 fully saturated rings. The van der Waals surface area contributed by atoms with E-state index in [-0.39, 0.29) is 5.91 Å². The van der Waals surface area contributed by atoms with E-state index in [2.05, 4.69) is 17.1 Å². The Hall–Kier alpha value is -4.39. The van der Waals surface area contributed by atoms with Gasteiger partial charge in [-0.25, -0.2) is 10.2 Å². The minimum absolute atomic E-state index is 0.346. The van der Waals surface area contributed by atoms with Gasteiger partial charge >= 0.3 is 5.97 Å². The first-order chi connectivity index (χ1) is 15.6. The Kier molecular flexibility index (Phi) is 7.75. The topological polar surface area (TPSA) is 86.2 Å². The fraction of sp³-hybridized carbons (Fsp3) is 0.0800. The molecule has 1 N–H and O–H groups in total. The minimum atomic E-state index is -0.470. The second kappa shape index (κ2) is 11.1. The molecule has 0 unspecified atom stereocenters. The van der Waals surface area contributed by atoms with Crippen molar-refractivity contribution in [2.45, 2.75) is 0 Å². The van der Waals surface area contributed by atoms with Crippen molar-refractivity contribution in [1.29, 1.82) is 0 Å². The summed E-state index contributed by atoms with van der Waals surface area (Å²) >= 11 is 0. The monoisotopic (exact) mass is 430 g/mol. The summed E-state index contributed by atoms with van der Waals surface area (Å²) in [5, 5.41) is 3.96. The first kappa shape index (κ1) is 22.3. The van der Waals surface area contributed by atoms with Crippen LogP contribution in [0.15, 0.2) is 90.6 Å². The highest BCUT2D eigenvalue weighted by Crippen LogP contribution is 2.16. The number of benzene rings is 3. The number of ether oxygens (including phenoxy) is 3. The predicted octanol–water partition coefficient (Wildman–Crippen LogP) is 4.24. The van der Waals surface area contributed by atoms with E-state index in [0.717, 1.165) is 5.56 Å². The molecular weight excluding hydrogens is 408 g/mol. The number of hydrogen-bond donors (Lipinski definition) is 1. The maximum absolute atomic E-state index is 12.2. The van der Waals surface area contributed by atoms with Crippen LogP contribution in [0, 0.1) is 0 Å². The smallest absolute Gasteiger partial charge is 0.343 e. The molecule has 0 heterocycles. The summed E-state index contributed by atoms with van der Waals surface area (Å²) in [4.78, 5) is 24.4. The molecule has 0 radical (unpaired) electrons. The Balaban J connectivity index is 1.51. The van der Waals surface area contributed by atoms with E-state index in [1.807, 2.05) is 0 Å². The Bertz CT molecular complexity index is 1090. The summed E-state index contributed by atoms with van der Waals surface area (Å²) in [5.74, 6) is 0.888. The van der Waals surface area contributed by atoms with Gasteiger partial charge in [0.2, 0.25) is 0 Å². The fourth-order valence-corrected chi connectivity index (χ4v) is 2.60. The lowest BCUT2D eigenvalue weighted by Crippen LogP contribution is -2.17. The molecule has 162 valence electrons. The van der Waals surface area contributed by atoms with E-state index in [4.69, 9.17) is 14.2 Å². The minimum Gasteiger partial charge on any atom is -0.497 e. The summed E-state index contributed by atoms with van der Waals surface area (Å²) in [6.45, 7) is 3.98. The van der Waals surface area contributed by atoms with Crippen LogP contribution in [-0.2, 0) is 0 Å². The van der Waals surface area contributed by atoms with Gasteiger partial charge in [0.15, 0.2) is 0 Å².